The zero-order chi connectivity index (χ0) is 15.9. The van der Waals surface area contributed by atoms with Crippen molar-refractivity contribution < 1.29 is 24.2 Å². The quantitative estimate of drug-likeness (QED) is 0.626. The SMILES string of the molecule is COc1ccc(C=NOCc2ccc(C(=O)O)s2)cc1OC. The number of carboxylic acid groups (broad SMARTS) is 1. The van der Waals surface area contributed by atoms with Crippen molar-refractivity contribution in [2.45, 2.75) is 6.61 Å². The number of carboxylic acids is 1. The van der Waals surface area contributed by atoms with Crippen LogP contribution in [0.2, 0.25) is 0 Å². The van der Waals surface area contributed by atoms with E-state index >= 15 is 0 Å². The predicted octanol–water partition coefficient (Wildman–Crippen LogP) is 3.01. The Morgan fingerprint density at radius 2 is 2.00 bits per heavy atom. The Morgan fingerprint density at radius 1 is 1.23 bits per heavy atom. The number of hydrogen-bond acceptors (Lipinski definition) is 6. The topological polar surface area (TPSA) is 77.4 Å². The van der Waals surface area contributed by atoms with Crippen LogP contribution >= 0.6 is 11.3 Å². The summed E-state index contributed by atoms with van der Waals surface area (Å²) in [7, 11) is 3.13. The van der Waals surface area contributed by atoms with Crippen LogP contribution in [0, 0.1) is 0 Å². The number of nitrogens with zero attached hydrogens (tertiary/aromatic N) is 1. The molecule has 7 heteroatoms. The average Bonchev–Trinajstić information content (AvgIpc) is 3.00. The first-order valence-electron chi connectivity index (χ1n) is 6.33. The summed E-state index contributed by atoms with van der Waals surface area (Å²) < 4.78 is 10.3. The number of oxime groups is 1. The van der Waals surface area contributed by atoms with Crippen molar-refractivity contribution in [3.8, 4) is 11.5 Å². The summed E-state index contributed by atoms with van der Waals surface area (Å²) in [4.78, 5) is 17.0. The van der Waals surface area contributed by atoms with Gasteiger partial charge in [-0.05, 0) is 30.3 Å². The van der Waals surface area contributed by atoms with Gasteiger partial charge < -0.3 is 19.4 Å². The summed E-state index contributed by atoms with van der Waals surface area (Å²) >= 11 is 1.16. The van der Waals surface area contributed by atoms with Crippen LogP contribution in [0.25, 0.3) is 0 Å². The van der Waals surface area contributed by atoms with Crippen molar-refractivity contribution in [1.82, 2.24) is 0 Å². The average molecular weight is 321 g/mol. The van der Waals surface area contributed by atoms with Crippen LogP contribution in [0.5, 0.6) is 11.5 Å². The molecule has 2 aromatic rings. The monoisotopic (exact) mass is 321 g/mol. The number of benzene rings is 1. The van der Waals surface area contributed by atoms with Gasteiger partial charge >= 0.3 is 5.97 Å². The summed E-state index contributed by atoms with van der Waals surface area (Å²) in [6, 6.07) is 8.63. The van der Waals surface area contributed by atoms with Crippen molar-refractivity contribution in [1.29, 1.82) is 0 Å². The third kappa shape index (κ3) is 3.98. The summed E-state index contributed by atoms with van der Waals surface area (Å²) in [5, 5.41) is 12.7. The molecule has 116 valence electrons. The first-order valence-corrected chi connectivity index (χ1v) is 7.15. The molecule has 0 saturated carbocycles. The van der Waals surface area contributed by atoms with E-state index in [1.165, 1.54) is 0 Å². The second-order valence-corrected chi connectivity index (χ2v) is 5.36. The predicted molar refractivity (Wildman–Crippen MR) is 83.2 cm³/mol. The molecule has 1 aromatic heterocycles. The lowest BCUT2D eigenvalue weighted by molar-refractivity contribution is 0.0702. The molecule has 0 atom stereocenters. The van der Waals surface area contributed by atoms with Crippen molar-refractivity contribution in [2.24, 2.45) is 5.16 Å². The van der Waals surface area contributed by atoms with Gasteiger partial charge in [-0.3, -0.25) is 0 Å². The largest absolute Gasteiger partial charge is 0.493 e. The third-order valence-electron chi connectivity index (χ3n) is 2.76. The minimum Gasteiger partial charge on any atom is -0.493 e. The molecule has 0 aliphatic heterocycles. The van der Waals surface area contributed by atoms with Gasteiger partial charge in [0, 0.05) is 10.4 Å². The van der Waals surface area contributed by atoms with Gasteiger partial charge in [0.05, 0.1) is 20.4 Å². The Balaban J connectivity index is 1.93. The highest BCUT2D eigenvalue weighted by atomic mass is 32.1. The van der Waals surface area contributed by atoms with Crippen LogP contribution in [-0.2, 0) is 11.4 Å². The van der Waals surface area contributed by atoms with Crippen molar-refractivity contribution in [3.63, 3.8) is 0 Å². The van der Waals surface area contributed by atoms with E-state index in [9.17, 15) is 4.79 Å². The molecule has 0 aliphatic carbocycles. The zero-order valence-electron chi connectivity index (χ0n) is 12.1. The first-order chi connectivity index (χ1) is 10.6. The summed E-state index contributed by atoms with van der Waals surface area (Å²) in [6.07, 6.45) is 1.55. The van der Waals surface area contributed by atoms with Gasteiger partial charge in [-0.2, -0.15) is 0 Å². The van der Waals surface area contributed by atoms with Crippen LogP contribution < -0.4 is 9.47 Å². The van der Waals surface area contributed by atoms with Crippen LogP contribution in [0.1, 0.15) is 20.1 Å². The van der Waals surface area contributed by atoms with Gasteiger partial charge in [0.15, 0.2) is 18.1 Å². The molecule has 0 amide bonds. The molecule has 2 rings (SSSR count). The minimum atomic E-state index is -0.940. The highest BCUT2D eigenvalue weighted by Gasteiger charge is 2.07. The Morgan fingerprint density at radius 3 is 2.64 bits per heavy atom. The lowest BCUT2D eigenvalue weighted by Gasteiger charge is -2.07. The van der Waals surface area contributed by atoms with Crippen molar-refractivity contribution in [3.05, 3.63) is 45.6 Å². The van der Waals surface area contributed by atoms with Gasteiger partial charge in [0.2, 0.25) is 0 Å². The number of thiophene rings is 1. The minimum absolute atomic E-state index is 0.224. The van der Waals surface area contributed by atoms with Gasteiger partial charge in [0.1, 0.15) is 4.88 Å². The Bertz CT molecular complexity index is 680. The van der Waals surface area contributed by atoms with Gasteiger partial charge in [0.25, 0.3) is 0 Å². The molecule has 0 bridgehead atoms. The fourth-order valence-corrected chi connectivity index (χ4v) is 2.46. The van der Waals surface area contributed by atoms with Crippen LogP contribution in [-0.4, -0.2) is 31.5 Å². The smallest absolute Gasteiger partial charge is 0.345 e. The summed E-state index contributed by atoms with van der Waals surface area (Å²) in [5.41, 5.74) is 0.801. The first kappa shape index (κ1) is 15.8. The highest BCUT2D eigenvalue weighted by Crippen LogP contribution is 2.26. The molecule has 0 unspecified atom stereocenters. The second kappa shape index (κ2) is 7.46. The van der Waals surface area contributed by atoms with E-state index in [1.807, 2.05) is 6.07 Å². The maximum atomic E-state index is 10.8. The second-order valence-electron chi connectivity index (χ2n) is 4.19. The molecule has 0 radical (unpaired) electrons. The fourth-order valence-electron chi connectivity index (χ4n) is 1.70. The van der Waals surface area contributed by atoms with Gasteiger partial charge in [-0.25, -0.2) is 4.79 Å². The summed E-state index contributed by atoms with van der Waals surface area (Å²) in [6.45, 7) is 0.224. The molecule has 1 N–H and O–H groups in total. The molecule has 0 aliphatic rings. The molecular formula is C15H15NO5S. The number of carbonyl (C=O) groups is 1. The Kier molecular flexibility index (Phi) is 5.37. The van der Waals surface area contributed by atoms with Crippen molar-refractivity contribution in [2.75, 3.05) is 14.2 Å². The number of ether oxygens (including phenoxy) is 2. The van der Waals surface area contributed by atoms with Crippen LogP contribution in [0.4, 0.5) is 0 Å². The molecule has 1 heterocycles. The number of rotatable bonds is 7. The number of hydrogen-bond donors (Lipinski definition) is 1. The maximum absolute atomic E-state index is 10.8. The molecule has 0 spiro atoms. The number of methoxy groups -OCH3 is 2. The molecule has 6 nitrogen and oxygen atoms in total. The highest BCUT2D eigenvalue weighted by molar-refractivity contribution is 7.13. The van der Waals surface area contributed by atoms with Gasteiger partial charge in [-0.15, -0.1) is 11.3 Å². The molecule has 22 heavy (non-hydrogen) atoms. The lowest BCUT2D eigenvalue weighted by atomic mass is 10.2. The normalized spacial score (nSPS) is 10.6. The van der Waals surface area contributed by atoms with Gasteiger partial charge in [-0.1, -0.05) is 5.16 Å². The van der Waals surface area contributed by atoms with E-state index in [0.717, 1.165) is 21.8 Å². The standard InChI is InChI=1S/C15H15NO5S/c1-19-12-5-3-10(7-13(12)20-2)8-16-21-9-11-4-6-14(22-11)15(17)18/h3-8H,9H2,1-2H3,(H,17,18). The van der Waals surface area contributed by atoms with E-state index in [2.05, 4.69) is 5.16 Å². The fraction of sp³-hybridized carbons (Fsp3) is 0.200. The zero-order valence-corrected chi connectivity index (χ0v) is 12.9. The van der Waals surface area contributed by atoms with Crippen molar-refractivity contribution >= 4 is 23.5 Å². The van der Waals surface area contributed by atoms with E-state index in [4.69, 9.17) is 19.4 Å². The number of aromatic carboxylic acids is 1. The Hall–Kier alpha value is -2.54. The summed E-state index contributed by atoms with van der Waals surface area (Å²) in [5.74, 6) is 0.307. The van der Waals surface area contributed by atoms with Crippen LogP contribution in [0.3, 0.4) is 0 Å². The maximum Gasteiger partial charge on any atom is 0.345 e. The van der Waals surface area contributed by atoms with E-state index < -0.39 is 5.97 Å². The molecule has 1 aromatic carbocycles. The molecule has 0 fully saturated rings. The molecular weight excluding hydrogens is 306 g/mol. The Labute approximate surface area is 131 Å². The molecule has 0 saturated heterocycles. The van der Waals surface area contributed by atoms with E-state index in [-0.39, 0.29) is 11.5 Å². The lowest BCUT2D eigenvalue weighted by Crippen LogP contribution is -1.92. The van der Waals surface area contributed by atoms with E-state index in [1.54, 1.807) is 44.7 Å². The van der Waals surface area contributed by atoms with E-state index in [0.29, 0.717) is 11.5 Å². The van der Waals surface area contributed by atoms with Crippen LogP contribution in [0.15, 0.2) is 35.5 Å². The third-order valence-corrected chi connectivity index (χ3v) is 3.81.